The molecule has 1 aliphatic rings. The van der Waals surface area contributed by atoms with Crippen LogP contribution in [0.5, 0.6) is 0 Å². The quantitative estimate of drug-likeness (QED) is 0.589. The van der Waals surface area contributed by atoms with E-state index in [1.807, 2.05) is 0 Å². The lowest BCUT2D eigenvalue weighted by Crippen LogP contribution is -2.48. The zero-order valence-corrected chi connectivity index (χ0v) is 14.5. The van der Waals surface area contributed by atoms with Crippen LogP contribution >= 0.6 is 0 Å². The summed E-state index contributed by atoms with van der Waals surface area (Å²) in [4.78, 5) is 9.34. The Bertz CT molecular complexity index is 464. The molecule has 0 aliphatic carbocycles. The van der Waals surface area contributed by atoms with E-state index in [0.29, 0.717) is 11.9 Å². The highest BCUT2D eigenvalue weighted by Crippen LogP contribution is 2.07. The number of piperazine rings is 1. The van der Waals surface area contributed by atoms with Crippen LogP contribution in [-0.4, -0.2) is 61.6 Å². The first-order valence-electron chi connectivity index (χ1n) is 8.66. The van der Waals surface area contributed by atoms with E-state index >= 15 is 0 Å². The van der Waals surface area contributed by atoms with Crippen molar-refractivity contribution in [3.8, 4) is 0 Å². The molecule has 0 bridgehead atoms. The summed E-state index contributed by atoms with van der Waals surface area (Å²) in [7, 11) is 0. The summed E-state index contributed by atoms with van der Waals surface area (Å²) >= 11 is 0. The van der Waals surface area contributed by atoms with Crippen LogP contribution in [0.3, 0.4) is 0 Å². The molecule has 0 amide bonds. The molecule has 1 aromatic carbocycles. The maximum Gasteiger partial charge on any atom is 0.188 e. The summed E-state index contributed by atoms with van der Waals surface area (Å²) in [6.45, 7) is 12.5. The Labute approximate surface area is 140 Å². The van der Waals surface area contributed by atoms with Gasteiger partial charge in [0.25, 0.3) is 0 Å². The highest BCUT2D eigenvalue weighted by atomic mass is 15.3. The third-order valence-corrected chi connectivity index (χ3v) is 4.07. The zero-order chi connectivity index (χ0) is 16.5. The lowest BCUT2D eigenvalue weighted by molar-refractivity contribution is 0.129. The van der Waals surface area contributed by atoms with Crippen molar-refractivity contribution in [1.82, 2.24) is 15.1 Å². The lowest BCUT2D eigenvalue weighted by atomic mass is 10.2. The predicted octanol–water partition coefficient (Wildman–Crippen LogP) is 1.36. The lowest BCUT2D eigenvalue weighted by Gasteiger charge is -2.34. The van der Waals surface area contributed by atoms with E-state index in [0.717, 1.165) is 52.4 Å². The molecular weight excluding hydrogens is 286 g/mol. The zero-order valence-electron chi connectivity index (χ0n) is 14.5. The Morgan fingerprint density at radius 1 is 1.13 bits per heavy atom. The second kappa shape index (κ2) is 9.53. The second-order valence-corrected chi connectivity index (χ2v) is 6.65. The Hall–Kier alpha value is -1.59. The van der Waals surface area contributed by atoms with Crippen LogP contribution in [0.1, 0.15) is 19.4 Å². The van der Waals surface area contributed by atoms with Crippen molar-refractivity contribution < 1.29 is 0 Å². The highest BCUT2D eigenvalue weighted by molar-refractivity contribution is 5.77. The molecular formula is C18H31N5. The minimum absolute atomic E-state index is 0.549. The molecule has 23 heavy (non-hydrogen) atoms. The van der Waals surface area contributed by atoms with Gasteiger partial charge in [-0.05, 0) is 11.5 Å². The molecule has 0 saturated carbocycles. The first kappa shape index (κ1) is 17.8. The molecule has 0 aromatic heterocycles. The third-order valence-electron chi connectivity index (χ3n) is 4.07. The molecule has 1 aromatic rings. The van der Waals surface area contributed by atoms with Crippen molar-refractivity contribution in [3.05, 3.63) is 35.9 Å². The summed E-state index contributed by atoms with van der Waals surface area (Å²) in [6.07, 6.45) is 0. The van der Waals surface area contributed by atoms with Gasteiger partial charge in [0.1, 0.15) is 0 Å². The van der Waals surface area contributed by atoms with Gasteiger partial charge in [-0.2, -0.15) is 0 Å². The molecule has 5 heteroatoms. The Kier molecular flexibility index (Phi) is 7.36. The van der Waals surface area contributed by atoms with Crippen LogP contribution in [-0.2, 0) is 6.54 Å². The van der Waals surface area contributed by atoms with Gasteiger partial charge in [-0.3, -0.25) is 14.8 Å². The number of nitrogens with one attached hydrogen (secondary N) is 1. The van der Waals surface area contributed by atoms with E-state index in [1.165, 1.54) is 5.56 Å². The Balaban J connectivity index is 1.60. The van der Waals surface area contributed by atoms with Crippen LogP contribution in [0.4, 0.5) is 0 Å². The molecule has 3 N–H and O–H groups in total. The Morgan fingerprint density at radius 3 is 2.43 bits per heavy atom. The number of nitrogens with zero attached hydrogens (tertiary/aromatic N) is 3. The third kappa shape index (κ3) is 7.01. The molecule has 1 aliphatic heterocycles. The van der Waals surface area contributed by atoms with Crippen molar-refractivity contribution >= 4 is 5.96 Å². The number of hydrogen-bond donors (Lipinski definition) is 2. The van der Waals surface area contributed by atoms with Gasteiger partial charge in [0, 0.05) is 52.4 Å². The summed E-state index contributed by atoms with van der Waals surface area (Å²) in [5.74, 6) is 1.12. The Morgan fingerprint density at radius 2 is 1.78 bits per heavy atom. The fourth-order valence-electron chi connectivity index (χ4n) is 2.69. The molecule has 2 rings (SSSR count). The topological polar surface area (TPSA) is 56.9 Å². The van der Waals surface area contributed by atoms with E-state index in [1.54, 1.807) is 0 Å². The SMILES string of the molecule is CC(C)CN=C(N)NCCN1CCN(Cc2ccccc2)CC1. The second-order valence-electron chi connectivity index (χ2n) is 6.65. The van der Waals surface area contributed by atoms with Gasteiger partial charge in [-0.25, -0.2) is 0 Å². The van der Waals surface area contributed by atoms with E-state index in [9.17, 15) is 0 Å². The number of guanidine groups is 1. The van der Waals surface area contributed by atoms with Crippen LogP contribution in [0, 0.1) is 5.92 Å². The number of aliphatic imine (C=N–C) groups is 1. The average Bonchev–Trinajstić information content (AvgIpc) is 2.55. The minimum Gasteiger partial charge on any atom is -0.370 e. The number of nitrogens with two attached hydrogens (primary N) is 1. The first-order chi connectivity index (χ1) is 11.1. The molecule has 0 unspecified atom stereocenters. The van der Waals surface area contributed by atoms with Gasteiger partial charge < -0.3 is 11.1 Å². The van der Waals surface area contributed by atoms with Crippen molar-refractivity contribution in [2.75, 3.05) is 45.8 Å². The van der Waals surface area contributed by atoms with Gasteiger partial charge in [-0.1, -0.05) is 44.2 Å². The van der Waals surface area contributed by atoms with Crippen molar-refractivity contribution in [3.63, 3.8) is 0 Å². The number of hydrogen-bond acceptors (Lipinski definition) is 3. The largest absolute Gasteiger partial charge is 0.370 e. The predicted molar refractivity (Wildman–Crippen MR) is 97.5 cm³/mol. The molecule has 128 valence electrons. The fourth-order valence-corrected chi connectivity index (χ4v) is 2.69. The molecule has 0 radical (unpaired) electrons. The average molecular weight is 317 g/mol. The summed E-state index contributed by atoms with van der Waals surface area (Å²) < 4.78 is 0. The summed E-state index contributed by atoms with van der Waals surface area (Å²) in [5.41, 5.74) is 7.26. The van der Waals surface area contributed by atoms with E-state index in [4.69, 9.17) is 5.73 Å². The van der Waals surface area contributed by atoms with Gasteiger partial charge in [0.15, 0.2) is 5.96 Å². The first-order valence-corrected chi connectivity index (χ1v) is 8.66. The normalized spacial score (nSPS) is 17.6. The van der Waals surface area contributed by atoms with Crippen LogP contribution < -0.4 is 11.1 Å². The van der Waals surface area contributed by atoms with Crippen LogP contribution in [0.2, 0.25) is 0 Å². The van der Waals surface area contributed by atoms with Crippen LogP contribution in [0.25, 0.3) is 0 Å². The van der Waals surface area contributed by atoms with Gasteiger partial charge in [-0.15, -0.1) is 0 Å². The van der Waals surface area contributed by atoms with Crippen molar-refractivity contribution in [2.24, 2.45) is 16.6 Å². The number of benzene rings is 1. The van der Waals surface area contributed by atoms with Gasteiger partial charge in [0.2, 0.25) is 0 Å². The molecule has 1 fully saturated rings. The smallest absolute Gasteiger partial charge is 0.188 e. The number of rotatable bonds is 7. The van der Waals surface area contributed by atoms with E-state index in [2.05, 4.69) is 64.3 Å². The molecule has 1 heterocycles. The summed E-state index contributed by atoms with van der Waals surface area (Å²) in [5, 5.41) is 3.21. The van der Waals surface area contributed by atoms with Crippen LogP contribution in [0.15, 0.2) is 35.3 Å². The molecule has 0 spiro atoms. The van der Waals surface area contributed by atoms with E-state index < -0.39 is 0 Å². The maximum atomic E-state index is 5.86. The maximum absolute atomic E-state index is 5.86. The van der Waals surface area contributed by atoms with Gasteiger partial charge in [0.05, 0.1) is 0 Å². The van der Waals surface area contributed by atoms with E-state index in [-0.39, 0.29) is 0 Å². The molecule has 5 nitrogen and oxygen atoms in total. The summed E-state index contributed by atoms with van der Waals surface area (Å²) in [6, 6.07) is 10.7. The molecule has 1 saturated heterocycles. The highest BCUT2D eigenvalue weighted by Gasteiger charge is 2.16. The standard InChI is InChI=1S/C18H31N5/c1-16(2)14-21-18(19)20-8-9-22-10-12-23(13-11-22)15-17-6-4-3-5-7-17/h3-7,16H,8-15H2,1-2H3,(H3,19,20,21). The monoisotopic (exact) mass is 317 g/mol. The molecule has 0 atom stereocenters. The van der Waals surface area contributed by atoms with Crippen molar-refractivity contribution in [1.29, 1.82) is 0 Å². The fraction of sp³-hybridized carbons (Fsp3) is 0.611. The minimum atomic E-state index is 0.549. The van der Waals surface area contributed by atoms with Gasteiger partial charge >= 0.3 is 0 Å². The van der Waals surface area contributed by atoms with Crippen molar-refractivity contribution in [2.45, 2.75) is 20.4 Å².